The minimum absolute atomic E-state index is 0.109. The van der Waals surface area contributed by atoms with E-state index in [0.717, 1.165) is 6.42 Å². The molecule has 0 aromatic heterocycles. The molecule has 2 atom stereocenters. The smallest absolute Gasteiger partial charge is 0.174 e. The van der Waals surface area contributed by atoms with Gasteiger partial charge in [-0.05, 0) is 19.4 Å². The lowest BCUT2D eigenvalue weighted by molar-refractivity contribution is -0.0991. The van der Waals surface area contributed by atoms with Crippen molar-refractivity contribution >= 4 is 0 Å². The average Bonchev–Trinajstić information content (AvgIpc) is 1.87. The molecule has 0 aromatic carbocycles. The summed E-state index contributed by atoms with van der Waals surface area (Å²) in [6.45, 7) is 7.28. The zero-order chi connectivity index (χ0) is 7.28. The second-order valence-electron chi connectivity index (χ2n) is 1.98. The molecule has 0 heterocycles. The molecule has 0 aliphatic rings. The van der Waals surface area contributed by atoms with Crippen LogP contribution >= 0.6 is 0 Å². The molecule has 2 nitrogen and oxygen atoms in total. The predicted molar refractivity (Wildman–Crippen MR) is 37.0 cm³/mol. The Morgan fingerprint density at radius 2 is 2.33 bits per heavy atom. The van der Waals surface area contributed by atoms with Gasteiger partial charge in [0.2, 0.25) is 0 Å². The van der Waals surface area contributed by atoms with E-state index < -0.39 is 6.29 Å². The second-order valence-corrected chi connectivity index (χ2v) is 1.98. The fourth-order valence-corrected chi connectivity index (χ4v) is 0.390. The van der Waals surface area contributed by atoms with Crippen molar-refractivity contribution in [2.75, 3.05) is 0 Å². The molecule has 0 aliphatic carbocycles. The molecular formula is C7H14O2. The fraction of sp³-hybridized carbons (Fsp3) is 0.714. The van der Waals surface area contributed by atoms with E-state index in [1.54, 1.807) is 0 Å². The Labute approximate surface area is 56.1 Å². The first-order chi connectivity index (χ1) is 4.20. The van der Waals surface area contributed by atoms with Crippen molar-refractivity contribution in [2.24, 2.45) is 0 Å². The van der Waals surface area contributed by atoms with Gasteiger partial charge in [0.25, 0.3) is 0 Å². The highest BCUT2D eigenvalue weighted by molar-refractivity contribution is 4.70. The topological polar surface area (TPSA) is 29.5 Å². The zero-order valence-electron chi connectivity index (χ0n) is 6.00. The van der Waals surface area contributed by atoms with Gasteiger partial charge in [0, 0.05) is 0 Å². The van der Waals surface area contributed by atoms with Crippen LogP contribution in [0.1, 0.15) is 20.3 Å². The zero-order valence-corrected chi connectivity index (χ0v) is 6.00. The fourth-order valence-electron chi connectivity index (χ4n) is 0.390. The normalized spacial score (nSPS) is 16.8. The molecule has 0 fully saturated rings. The summed E-state index contributed by atoms with van der Waals surface area (Å²) in [5, 5.41) is 8.82. The van der Waals surface area contributed by atoms with Gasteiger partial charge in [-0.1, -0.05) is 13.5 Å². The van der Waals surface area contributed by atoms with Gasteiger partial charge in [-0.2, -0.15) is 0 Å². The molecule has 54 valence electrons. The maximum Gasteiger partial charge on any atom is 0.174 e. The van der Waals surface area contributed by atoms with Crippen LogP contribution in [0.5, 0.6) is 0 Å². The van der Waals surface area contributed by atoms with E-state index in [1.165, 1.54) is 6.08 Å². The van der Waals surface area contributed by atoms with Crippen LogP contribution in [0.2, 0.25) is 0 Å². The third-order valence-corrected chi connectivity index (χ3v) is 1.15. The first-order valence-electron chi connectivity index (χ1n) is 3.16. The first-order valence-corrected chi connectivity index (χ1v) is 3.16. The van der Waals surface area contributed by atoms with Crippen molar-refractivity contribution in [1.29, 1.82) is 0 Å². The maximum atomic E-state index is 8.82. The monoisotopic (exact) mass is 130 g/mol. The van der Waals surface area contributed by atoms with Crippen molar-refractivity contribution in [3.63, 3.8) is 0 Å². The Hall–Kier alpha value is -0.340. The van der Waals surface area contributed by atoms with Crippen LogP contribution in [0, 0.1) is 0 Å². The molecule has 0 amide bonds. The number of aliphatic hydroxyl groups excluding tert-OH is 1. The number of rotatable bonds is 4. The van der Waals surface area contributed by atoms with Crippen molar-refractivity contribution in [2.45, 2.75) is 32.7 Å². The highest BCUT2D eigenvalue weighted by Gasteiger charge is 2.02. The molecule has 0 aliphatic heterocycles. The highest BCUT2D eigenvalue weighted by Crippen LogP contribution is 1.99. The van der Waals surface area contributed by atoms with E-state index in [9.17, 15) is 0 Å². The van der Waals surface area contributed by atoms with E-state index in [0.29, 0.717) is 0 Å². The van der Waals surface area contributed by atoms with Crippen molar-refractivity contribution in [1.82, 2.24) is 0 Å². The van der Waals surface area contributed by atoms with E-state index in [1.807, 2.05) is 13.8 Å². The maximum absolute atomic E-state index is 8.82. The summed E-state index contributed by atoms with van der Waals surface area (Å²) in [4.78, 5) is 0. The number of hydrogen-bond donors (Lipinski definition) is 1. The molecule has 0 aromatic rings. The van der Waals surface area contributed by atoms with Gasteiger partial charge in [0.1, 0.15) is 0 Å². The molecule has 0 saturated carbocycles. The van der Waals surface area contributed by atoms with Gasteiger partial charge in [0.15, 0.2) is 6.29 Å². The van der Waals surface area contributed by atoms with Crippen LogP contribution in [0.15, 0.2) is 12.7 Å². The Morgan fingerprint density at radius 3 is 2.67 bits per heavy atom. The lowest BCUT2D eigenvalue weighted by Gasteiger charge is -2.12. The Kier molecular flexibility index (Phi) is 4.36. The minimum Gasteiger partial charge on any atom is -0.365 e. The Bertz CT molecular complexity index is 81.0. The second kappa shape index (κ2) is 4.53. The van der Waals surface area contributed by atoms with Crippen LogP contribution in [0.25, 0.3) is 0 Å². The van der Waals surface area contributed by atoms with Gasteiger partial charge in [-0.3, -0.25) is 0 Å². The van der Waals surface area contributed by atoms with Gasteiger partial charge in [-0.25, -0.2) is 0 Å². The SMILES string of the molecule is C=CC(O)OC(C)CC. The largest absolute Gasteiger partial charge is 0.365 e. The van der Waals surface area contributed by atoms with Gasteiger partial charge >= 0.3 is 0 Å². The summed E-state index contributed by atoms with van der Waals surface area (Å²) in [7, 11) is 0. The van der Waals surface area contributed by atoms with Gasteiger partial charge in [0.05, 0.1) is 6.10 Å². The summed E-state index contributed by atoms with van der Waals surface area (Å²) in [6, 6.07) is 0. The Morgan fingerprint density at radius 1 is 1.78 bits per heavy atom. The summed E-state index contributed by atoms with van der Waals surface area (Å²) in [5.41, 5.74) is 0. The van der Waals surface area contributed by atoms with Crippen LogP contribution in [0.3, 0.4) is 0 Å². The van der Waals surface area contributed by atoms with Crippen LogP contribution in [-0.4, -0.2) is 17.5 Å². The Balaban J connectivity index is 3.33. The van der Waals surface area contributed by atoms with Crippen molar-refractivity contribution < 1.29 is 9.84 Å². The molecule has 1 N–H and O–H groups in total. The first kappa shape index (κ1) is 8.66. The summed E-state index contributed by atoms with van der Waals surface area (Å²) < 4.78 is 4.99. The number of ether oxygens (including phenoxy) is 1. The lowest BCUT2D eigenvalue weighted by atomic mass is 10.3. The summed E-state index contributed by atoms with van der Waals surface area (Å²) in [5.74, 6) is 0. The van der Waals surface area contributed by atoms with E-state index in [-0.39, 0.29) is 6.10 Å². The molecule has 0 spiro atoms. The van der Waals surface area contributed by atoms with Crippen LogP contribution < -0.4 is 0 Å². The molecule has 9 heavy (non-hydrogen) atoms. The molecule has 2 unspecified atom stereocenters. The molecule has 0 bridgehead atoms. The van der Waals surface area contributed by atoms with Crippen LogP contribution in [0.4, 0.5) is 0 Å². The predicted octanol–water partition coefficient (Wildman–Crippen LogP) is 1.31. The highest BCUT2D eigenvalue weighted by atomic mass is 16.6. The lowest BCUT2D eigenvalue weighted by Crippen LogP contribution is -2.15. The number of hydrogen-bond acceptors (Lipinski definition) is 2. The van der Waals surface area contributed by atoms with Crippen molar-refractivity contribution in [3.8, 4) is 0 Å². The minimum atomic E-state index is -0.806. The third kappa shape index (κ3) is 4.18. The van der Waals surface area contributed by atoms with E-state index in [4.69, 9.17) is 9.84 Å². The molecular weight excluding hydrogens is 116 g/mol. The van der Waals surface area contributed by atoms with Gasteiger partial charge in [-0.15, -0.1) is 0 Å². The molecule has 2 heteroatoms. The summed E-state index contributed by atoms with van der Waals surface area (Å²) in [6.07, 6.45) is 1.58. The number of aliphatic hydroxyl groups is 1. The average molecular weight is 130 g/mol. The standard InChI is InChI=1S/C7H14O2/c1-4-6(3)9-7(8)5-2/h5-8H,2,4H2,1,3H3. The van der Waals surface area contributed by atoms with Crippen LogP contribution in [-0.2, 0) is 4.74 Å². The van der Waals surface area contributed by atoms with Crippen molar-refractivity contribution in [3.05, 3.63) is 12.7 Å². The molecule has 0 radical (unpaired) electrons. The third-order valence-electron chi connectivity index (χ3n) is 1.15. The molecule has 0 rings (SSSR count). The van der Waals surface area contributed by atoms with E-state index in [2.05, 4.69) is 6.58 Å². The quantitative estimate of drug-likeness (QED) is 0.459. The van der Waals surface area contributed by atoms with E-state index >= 15 is 0 Å². The summed E-state index contributed by atoms with van der Waals surface area (Å²) >= 11 is 0. The van der Waals surface area contributed by atoms with Gasteiger partial charge < -0.3 is 9.84 Å². The molecule has 0 saturated heterocycles.